The number of carbonyl (C=O) groups is 1. The Morgan fingerprint density at radius 3 is 2.15 bits per heavy atom. The zero-order valence-electron chi connectivity index (χ0n) is 18.2. The van der Waals surface area contributed by atoms with Gasteiger partial charge >= 0.3 is 6.03 Å². The van der Waals surface area contributed by atoms with E-state index in [0.29, 0.717) is 5.69 Å². The van der Waals surface area contributed by atoms with Gasteiger partial charge in [0, 0.05) is 44.1 Å². The zero-order valence-corrected chi connectivity index (χ0v) is 19.9. The van der Waals surface area contributed by atoms with Crippen molar-refractivity contribution < 1.29 is 19.7 Å². The van der Waals surface area contributed by atoms with Crippen LogP contribution < -0.4 is 15.5 Å². The lowest BCUT2D eigenvalue weighted by Gasteiger charge is -2.41. The van der Waals surface area contributed by atoms with E-state index >= 15 is 0 Å². The van der Waals surface area contributed by atoms with Gasteiger partial charge in [0.05, 0.1) is 18.8 Å². The van der Waals surface area contributed by atoms with E-state index < -0.39 is 18.3 Å². The molecular weight excluding hydrogens is 467 g/mol. The summed E-state index contributed by atoms with van der Waals surface area (Å²) in [7, 11) is 0. The molecule has 2 aromatic rings. The number of piperazine rings is 1. The molecule has 2 fully saturated rings. The molecule has 2 heterocycles. The summed E-state index contributed by atoms with van der Waals surface area (Å²) in [6.07, 6.45) is -1.87. The number of hydrogen-bond acceptors (Lipinski definition) is 6. The predicted octanol–water partition coefficient (Wildman–Crippen LogP) is 1.96. The SMILES string of the molecule is Cl.Cl.O=C(NC[C@H]1O[C@@H](CO)[C@@H](O)[C@H]1N1CCN(c2ccccc2)CC1)Nc1ccccc1. The Kier molecular flexibility index (Phi) is 10.7. The molecule has 182 valence electrons. The largest absolute Gasteiger partial charge is 0.394 e. The van der Waals surface area contributed by atoms with E-state index in [1.807, 2.05) is 48.5 Å². The number of benzene rings is 2. The van der Waals surface area contributed by atoms with Crippen LogP contribution in [0.4, 0.5) is 16.2 Å². The van der Waals surface area contributed by atoms with Crippen LogP contribution in [0.15, 0.2) is 60.7 Å². The van der Waals surface area contributed by atoms with Gasteiger partial charge in [-0.1, -0.05) is 36.4 Å². The Balaban J connectivity index is 0.00000193. The molecule has 2 saturated heterocycles. The molecule has 0 aliphatic carbocycles. The van der Waals surface area contributed by atoms with Crippen molar-refractivity contribution in [2.45, 2.75) is 24.4 Å². The number of aliphatic hydroxyl groups excluding tert-OH is 2. The van der Waals surface area contributed by atoms with Crippen molar-refractivity contribution in [3.8, 4) is 0 Å². The summed E-state index contributed by atoms with van der Waals surface area (Å²) in [5.41, 5.74) is 1.89. The number of amides is 2. The highest BCUT2D eigenvalue weighted by Gasteiger charge is 2.46. The summed E-state index contributed by atoms with van der Waals surface area (Å²) in [6, 6.07) is 18.9. The van der Waals surface area contributed by atoms with Gasteiger partial charge in [-0.25, -0.2) is 4.79 Å². The van der Waals surface area contributed by atoms with Gasteiger partial charge in [-0.2, -0.15) is 0 Å². The third kappa shape index (κ3) is 6.72. The highest BCUT2D eigenvalue weighted by Crippen LogP contribution is 2.27. The van der Waals surface area contributed by atoms with Gasteiger partial charge in [-0.3, -0.25) is 4.90 Å². The molecule has 2 amide bonds. The summed E-state index contributed by atoms with van der Waals surface area (Å²) in [4.78, 5) is 16.8. The smallest absolute Gasteiger partial charge is 0.319 e. The topological polar surface area (TPSA) is 97.3 Å². The molecule has 4 N–H and O–H groups in total. The number of para-hydroxylation sites is 2. The second-order valence-electron chi connectivity index (χ2n) is 7.94. The van der Waals surface area contributed by atoms with E-state index in [0.717, 1.165) is 26.2 Å². The van der Waals surface area contributed by atoms with E-state index in [-0.39, 0.29) is 50.0 Å². The van der Waals surface area contributed by atoms with E-state index in [4.69, 9.17) is 4.74 Å². The van der Waals surface area contributed by atoms with E-state index in [9.17, 15) is 15.0 Å². The van der Waals surface area contributed by atoms with Gasteiger partial charge in [0.25, 0.3) is 0 Å². The van der Waals surface area contributed by atoms with Gasteiger partial charge < -0.3 is 30.5 Å². The van der Waals surface area contributed by atoms with E-state index in [2.05, 4.69) is 32.6 Å². The molecule has 2 aliphatic heterocycles. The Hall–Kier alpha value is -2.07. The van der Waals surface area contributed by atoms with Crippen LogP contribution in [0.25, 0.3) is 0 Å². The molecule has 0 bridgehead atoms. The number of carbonyl (C=O) groups excluding carboxylic acids is 1. The number of urea groups is 1. The fourth-order valence-electron chi connectivity index (χ4n) is 4.40. The lowest BCUT2D eigenvalue weighted by atomic mass is 10.0. The molecule has 0 aromatic heterocycles. The van der Waals surface area contributed by atoms with Crippen LogP contribution in [-0.2, 0) is 4.74 Å². The normalized spacial score (nSPS) is 25.0. The monoisotopic (exact) mass is 498 g/mol. The third-order valence-electron chi connectivity index (χ3n) is 5.99. The van der Waals surface area contributed by atoms with Crippen molar-refractivity contribution >= 4 is 42.2 Å². The second-order valence-corrected chi connectivity index (χ2v) is 7.94. The maximum atomic E-state index is 12.3. The molecule has 2 aliphatic rings. The summed E-state index contributed by atoms with van der Waals surface area (Å²) in [5, 5.41) is 26.0. The average Bonchev–Trinajstić information content (AvgIpc) is 3.14. The van der Waals surface area contributed by atoms with Crippen molar-refractivity contribution in [1.82, 2.24) is 10.2 Å². The second kappa shape index (κ2) is 13.0. The van der Waals surface area contributed by atoms with Crippen LogP contribution >= 0.6 is 24.8 Å². The lowest BCUT2D eigenvalue weighted by Crippen LogP contribution is -2.57. The first-order valence-corrected chi connectivity index (χ1v) is 10.7. The van der Waals surface area contributed by atoms with Gasteiger partial charge in [0.2, 0.25) is 0 Å². The molecule has 0 radical (unpaired) electrons. The van der Waals surface area contributed by atoms with Gasteiger partial charge in [-0.05, 0) is 24.3 Å². The highest BCUT2D eigenvalue weighted by atomic mass is 35.5. The van der Waals surface area contributed by atoms with Crippen LogP contribution in [0.5, 0.6) is 0 Å². The maximum absolute atomic E-state index is 12.3. The number of halogens is 2. The predicted molar refractivity (Wildman–Crippen MR) is 134 cm³/mol. The Morgan fingerprint density at radius 2 is 1.55 bits per heavy atom. The maximum Gasteiger partial charge on any atom is 0.319 e. The third-order valence-corrected chi connectivity index (χ3v) is 5.99. The minimum Gasteiger partial charge on any atom is -0.394 e. The average molecular weight is 499 g/mol. The minimum atomic E-state index is -0.808. The number of rotatable bonds is 6. The summed E-state index contributed by atoms with van der Waals surface area (Å²) in [5.74, 6) is 0. The van der Waals surface area contributed by atoms with Gasteiger partial charge in [0.1, 0.15) is 12.2 Å². The number of aliphatic hydroxyl groups is 2. The van der Waals surface area contributed by atoms with Crippen molar-refractivity contribution in [3.63, 3.8) is 0 Å². The summed E-state index contributed by atoms with van der Waals surface area (Å²) in [6.45, 7) is 3.21. The molecule has 0 saturated carbocycles. The number of nitrogens with one attached hydrogen (secondary N) is 2. The highest BCUT2D eigenvalue weighted by molar-refractivity contribution is 5.89. The fraction of sp³-hybridized carbons (Fsp3) is 0.435. The molecule has 2 aromatic carbocycles. The van der Waals surface area contributed by atoms with Gasteiger partial charge in [0.15, 0.2) is 0 Å². The van der Waals surface area contributed by atoms with E-state index in [1.54, 1.807) is 0 Å². The van der Waals surface area contributed by atoms with E-state index in [1.165, 1.54) is 5.69 Å². The molecule has 4 atom stereocenters. The van der Waals surface area contributed by atoms with Crippen LogP contribution in [-0.4, -0.2) is 84.8 Å². The minimum absolute atomic E-state index is 0. The number of hydrogen-bond donors (Lipinski definition) is 4. The molecule has 0 unspecified atom stereocenters. The van der Waals surface area contributed by atoms with Crippen LogP contribution in [0.3, 0.4) is 0 Å². The quantitative estimate of drug-likeness (QED) is 0.486. The fourth-order valence-corrected chi connectivity index (χ4v) is 4.40. The van der Waals surface area contributed by atoms with Crippen molar-refractivity contribution in [1.29, 1.82) is 0 Å². The molecule has 4 rings (SSSR count). The Morgan fingerprint density at radius 1 is 0.939 bits per heavy atom. The molecule has 8 nitrogen and oxygen atoms in total. The number of nitrogens with zero attached hydrogens (tertiary/aromatic N) is 2. The molecule has 10 heteroatoms. The number of anilines is 2. The standard InChI is InChI=1S/C23H30N4O4.2ClH/c28-16-20-22(29)21(27-13-11-26(12-14-27)18-9-5-2-6-10-18)19(31-20)15-24-23(30)25-17-7-3-1-4-8-17;;/h1-10,19-22,28-29H,11-16H2,(H2,24,25,30);2*1H/t19-,20+,21+,22-;;/m1../s1. The van der Waals surface area contributed by atoms with Gasteiger partial charge in [-0.15, -0.1) is 24.8 Å². The summed E-state index contributed by atoms with van der Waals surface area (Å²) >= 11 is 0. The summed E-state index contributed by atoms with van der Waals surface area (Å²) < 4.78 is 5.90. The molecule has 33 heavy (non-hydrogen) atoms. The first-order chi connectivity index (χ1) is 15.2. The Labute approximate surface area is 206 Å². The number of ether oxygens (including phenoxy) is 1. The zero-order chi connectivity index (χ0) is 21.6. The van der Waals surface area contributed by atoms with Crippen molar-refractivity contribution in [2.75, 3.05) is 49.5 Å². The first-order valence-electron chi connectivity index (χ1n) is 10.7. The Bertz CT molecular complexity index is 841. The molecule has 0 spiro atoms. The van der Waals surface area contributed by atoms with Crippen LogP contribution in [0.2, 0.25) is 0 Å². The van der Waals surface area contributed by atoms with Crippen LogP contribution in [0, 0.1) is 0 Å². The van der Waals surface area contributed by atoms with Crippen molar-refractivity contribution in [3.05, 3.63) is 60.7 Å². The molecular formula is C23H32Cl2N4O4. The van der Waals surface area contributed by atoms with Crippen molar-refractivity contribution in [2.24, 2.45) is 0 Å². The lowest BCUT2D eigenvalue weighted by molar-refractivity contribution is -0.0205. The first kappa shape index (κ1) is 27.2. The van der Waals surface area contributed by atoms with Crippen LogP contribution in [0.1, 0.15) is 0 Å².